The molecule has 12 heteroatoms. The number of rotatable bonds is 9. The topological polar surface area (TPSA) is 140 Å². The monoisotopic (exact) mass is 515 g/mol. The summed E-state index contributed by atoms with van der Waals surface area (Å²) in [7, 11) is 0. The van der Waals surface area contributed by atoms with Gasteiger partial charge in [-0.05, 0) is 50.9 Å². The Morgan fingerprint density at radius 1 is 1.06 bits per heavy atom. The van der Waals surface area contributed by atoms with Gasteiger partial charge in [-0.3, -0.25) is 19.2 Å². The average molecular weight is 516 g/mol. The van der Waals surface area contributed by atoms with Crippen molar-refractivity contribution in [3.05, 3.63) is 0 Å². The maximum atomic E-state index is 13.0. The maximum absolute atomic E-state index is 13.0. The Labute approximate surface area is 209 Å². The fraction of sp³-hybridized carbons (Fsp3) is 0.792. The molecular formula is C24H36F3N5O4. The number of halogens is 3. The molecule has 0 aromatic heterocycles. The van der Waals surface area contributed by atoms with Gasteiger partial charge < -0.3 is 21.3 Å². The van der Waals surface area contributed by atoms with Crippen molar-refractivity contribution in [2.24, 2.45) is 17.3 Å². The molecule has 36 heavy (non-hydrogen) atoms. The summed E-state index contributed by atoms with van der Waals surface area (Å²) in [5, 5.41) is 19.3. The second kappa shape index (κ2) is 11.0. The molecule has 0 aromatic carbocycles. The Morgan fingerprint density at radius 3 is 2.14 bits per heavy atom. The van der Waals surface area contributed by atoms with E-state index in [1.165, 1.54) is 20.8 Å². The molecule has 0 radical (unpaired) electrons. The molecule has 1 aliphatic heterocycles. The summed E-state index contributed by atoms with van der Waals surface area (Å²) >= 11 is 0. The van der Waals surface area contributed by atoms with Crippen molar-refractivity contribution in [3.63, 3.8) is 0 Å². The summed E-state index contributed by atoms with van der Waals surface area (Å²) < 4.78 is 38.4. The Kier molecular flexibility index (Phi) is 9.02. The van der Waals surface area contributed by atoms with Crippen molar-refractivity contribution in [1.82, 2.24) is 21.3 Å². The van der Waals surface area contributed by atoms with Crippen LogP contribution in [0.25, 0.3) is 0 Å². The van der Waals surface area contributed by atoms with Crippen LogP contribution in [-0.4, -0.2) is 53.5 Å². The molecule has 0 aromatic rings. The highest BCUT2D eigenvalue weighted by Gasteiger charge is 2.44. The first-order valence-electron chi connectivity index (χ1n) is 12.1. The summed E-state index contributed by atoms with van der Waals surface area (Å²) in [6.45, 7) is 8.28. The molecule has 0 bridgehead atoms. The summed E-state index contributed by atoms with van der Waals surface area (Å²) in [6.07, 6.45) is -1.87. The first-order chi connectivity index (χ1) is 16.4. The third kappa shape index (κ3) is 8.68. The van der Waals surface area contributed by atoms with E-state index in [0.717, 1.165) is 12.8 Å². The van der Waals surface area contributed by atoms with Crippen LogP contribution in [0.3, 0.4) is 0 Å². The molecule has 1 saturated carbocycles. The van der Waals surface area contributed by atoms with Gasteiger partial charge in [0.25, 0.3) is 0 Å². The van der Waals surface area contributed by atoms with Gasteiger partial charge >= 0.3 is 12.1 Å². The van der Waals surface area contributed by atoms with Gasteiger partial charge in [-0.25, -0.2) is 0 Å². The minimum atomic E-state index is -5.17. The minimum absolute atomic E-state index is 0.0977. The van der Waals surface area contributed by atoms with Crippen LogP contribution in [0.5, 0.6) is 0 Å². The minimum Gasteiger partial charge on any atom is -0.351 e. The van der Waals surface area contributed by atoms with E-state index in [0.29, 0.717) is 12.8 Å². The van der Waals surface area contributed by atoms with Crippen molar-refractivity contribution >= 4 is 23.6 Å². The fourth-order valence-electron chi connectivity index (χ4n) is 4.15. The Balaban J connectivity index is 2.09. The molecule has 4 atom stereocenters. The summed E-state index contributed by atoms with van der Waals surface area (Å²) in [4.78, 5) is 49.9. The van der Waals surface area contributed by atoms with Crippen LogP contribution in [0.2, 0.25) is 0 Å². The lowest BCUT2D eigenvalue weighted by atomic mass is 9.83. The van der Waals surface area contributed by atoms with Crippen LogP contribution in [0.15, 0.2) is 0 Å². The number of nitriles is 1. The van der Waals surface area contributed by atoms with E-state index in [1.54, 1.807) is 5.32 Å². The smallest absolute Gasteiger partial charge is 0.351 e. The molecule has 9 nitrogen and oxygen atoms in total. The summed E-state index contributed by atoms with van der Waals surface area (Å²) in [5.41, 5.74) is -1.42. The molecule has 4 N–H and O–H groups in total. The van der Waals surface area contributed by atoms with Gasteiger partial charge in [0, 0.05) is 11.5 Å². The molecule has 4 amide bonds. The number of carbonyl (C=O) groups is 4. The third-order valence-corrected chi connectivity index (χ3v) is 6.50. The maximum Gasteiger partial charge on any atom is 0.471 e. The number of nitrogens with zero attached hydrogens (tertiary/aromatic N) is 1. The lowest BCUT2D eigenvalue weighted by Gasteiger charge is -2.35. The normalized spacial score (nSPS) is 22.3. The molecule has 2 aliphatic rings. The van der Waals surface area contributed by atoms with Crippen LogP contribution in [0, 0.1) is 28.6 Å². The second-order valence-corrected chi connectivity index (χ2v) is 11.5. The molecule has 1 heterocycles. The van der Waals surface area contributed by atoms with Crippen LogP contribution >= 0.6 is 0 Å². The number of hydrogen-bond donors (Lipinski definition) is 4. The Bertz CT molecular complexity index is 903. The fourth-order valence-corrected chi connectivity index (χ4v) is 4.15. The zero-order valence-electron chi connectivity index (χ0n) is 21.3. The lowest BCUT2D eigenvalue weighted by molar-refractivity contribution is -0.175. The van der Waals surface area contributed by atoms with E-state index >= 15 is 0 Å². The number of carbonyl (C=O) groups excluding carboxylic acids is 4. The zero-order valence-corrected chi connectivity index (χ0v) is 21.3. The van der Waals surface area contributed by atoms with Gasteiger partial charge in [-0.1, -0.05) is 33.6 Å². The average Bonchev–Trinajstić information content (AvgIpc) is 3.54. The molecule has 1 aliphatic carbocycles. The van der Waals surface area contributed by atoms with Crippen molar-refractivity contribution < 1.29 is 32.3 Å². The van der Waals surface area contributed by atoms with Crippen molar-refractivity contribution in [1.29, 1.82) is 5.26 Å². The van der Waals surface area contributed by atoms with Gasteiger partial charge in [0.05, 0.1) is 6.07 Å². The van der Waals surface area contributed by atoms with E-state index in [1.807, 2.05) is 19.9 Å². The van der Waals surface area contributed by atoms with E-state index in [2.05, 4.69) is 16.0 Å². The number of piperidine rings is 1. The van der Waals surface area contributed by atoms with E-state index in [4.69, 9.17) is 0 Å². The molecule has 2 rings (SSSR count). The van der Waals surface area contributed by atoms with Gasteiger partial charge in [0.15, 0.2) is 0 Å². The third-order valence-electron chi connectivity index (χ3n) is 6.50. The Morgan fingerprint density at radius 2 is 1.67 bits per heavy atom. The quantitative estimate of drug-likeness (QED) is 0.372. The van der Waals surface area contributed by atoms with Crippen molar-refractivity contribution in [2.45, 2.75) is 103 Å². The van der Waals surface area contributed by atoms with E-state index in [-0.39, 0.29) is 30.2 Å². The Hall–Kier alpha value is -2.84. The molecular weight excluding hydrogens is 479 g/mol. The van der Waals surface area contributed by atoms with Gasteiger partial charge in [-0.2, -0.15) is 18.4 Å². The second-order valence-electron chi connectivity index (χ2n) is 11.5. The van der Waals surface area contributed by atoms with Gasteiger partial charge in [-0.15, -0.1) is 0 Å². The van der Waals surface area contributed by atoms with Gasteiger partial charge in [0.1, 0.15) is 18.1 Å². The van der Waals surface area contributed by atoms with E-state index < -0.39 is 53.4 Å². The molecule has 0 spiro atoms. The number of alkyl halides is 3. The number of hydrogen-bond acceptors (Lipinski definition) is 5. The predicted octanol–water partition coefficient (Wildman–Crippen LogP) is 2.07. The van der Waals surface area contributed by atoms with Crippen LogP contribution < -0.4 is 21.3 Å². The zero-order chi connectivity index (χ0) is 27.5. The molecule has 202 valence electrons. The standard InChI is InChI=1S/C24H36F3N5O4/c1-22(2,3)17(31-21(36)24(25,26)27)20(35)30-16(10-13-6-7-13)19(34)29-15(12-28)11-14-8-9-23(4,5)32-18(14)33/h13-17H,6-11H2,1-5H3,(H,29,34)(H,30,35)(H,31,36)(H,32,33)/t14-,15-,16-,17+/m0/s1. The van der Waals surface area contributed by atoms with Gasteiger partial charge in [0.2, 0.25) is 17.7 Å². The van der Waals surface area contributed by atoms with Crippen molar-refractivity contribution in [2.75, 3.05) is 0 Å². The largest absolute Gasteiger partial charge is 0.471 e. The first-order valence-corrected chi connectivity index (χ1v) is 12.1. The SMILES string of the molecule is CC1(C)CC[C@@H](C[C@@H](C#N)NC(=O)[C@H](CC2CC2)NC(=O)[C@@H](NC(=O)C(F)(F)F)C(C)(C)C)C(=O)N1. The molecule has 2 fully saturated rings. The highest BCUT2D eigenvalue weighted by Crippen LogP contribution is 2.34. The van der Waals surface area contributed by atoms with Crippen LogP contribution in [0.4, 0.5) is 13.2 Å². The molecule has 0 unspecified atom stereocenters. The summed E-state index contributed by atoms with van der Waals surface area (Å²) in [6, 6.07) is -1.67. The van der Waals surface area contributed by atoms with Crippen LogP contribution in [-0.2, 0) is 19.2 Å². The molecule has 1 saturated heterocycles. The first kappa shape index (κ1) is 29.4. The van der Waals surface area contributed by atoms with E-state index in [9.17, 15) is 37.6 Å². The predicted molar refractivity (Wildman–Crippen MR) is 124 cm³/mol. The highest BCUT2D eigenvalue weighted by molar-refractivity contribution is 5.93. The number of nitrogens with one attached hydrogen (secondary N) is 4. The van der Waals surface area contributed by atoms with Crippen molar-refractivity contribution in [3.8, 4) is 6.07 Å². The van der Waals surface area contributed by atoms with Crippen LogP contribution in [0.1, 0.15) is 73.1 Å². The highest BCUT2D eigenvalue weighted by atomic mass is 19.4. The summed E-state index contributed by atoms with van der Waals surface area (Å²) in [5.74, 6) is -4.33. The lowest BCUT2D eigenvalue weighted by Crippen LogP contribution is -2.60. The number of amides is 4.